The standard InChI is InChI=1S/C25H23F3N2/c1-17(13-14-30(4)22-12-8-11-21(16-22)25(26,27)28)19(3)23-15-18(2)29-24(23)20-9-6-5-7-10-20/h5-16,18H,1,3H2,2,4H3/b14-13-. The van der Waals surface area contributed by atoms with Crippen LogP contribution in [0.1, 0.15) is 18.1 Å². The molecule has 2 nitrogen and oxygen atoms in total. The number of nitrogens with zero attached hydrogens (tertiary/aromatic N) is 2. The molecule has 2 aromatic rings. The smallest absolute Gasteiger partial charge is 0.351 e. The normalized spacial score (nSPS) is 16.4. The van der Waals surface area contributed by atoms with Gasteiger partial charge in [-0.15, -0.1) is 0 Å². The van der Waals surface area contributed by atoms with Crippen molar-refractivity contribution >= 4 is 11.4 Å². The summed E-state index contributed by atoms with van der Waals surface area (Å²) in [5.74, 6) is 0. The highest BCUT2D eigenvalue weighted by Crippen LogP contribution is 2.32. The summed E-state index contributed by atoms with van der Waals surface area (Å²) in [7, 11) is 1.69. The number of alkyl halides is 3. The number of allylic oxidation sites excluding steroid dienone is 4. The highest BCUT2D eigenvalue weighted by Gasteiger charge is 2.30. The molecule has 0 aromatic heterocycles. The Morgan fingerprint density at radius 1 is 1.07 bits per heavy atom. The molecular formula is C25H23F3N2. The zero-order valence-electron chi connectivity index (χ0n) is 16.9. The lowest BCUT2D eigenvalue weighted by molar-refractivity contribution is -0.137. The van der Waals surface area contributed by atoms with Gasteiger partial charge in [-0.3, -0.25) is 4.99 Å². The van der Waals surface area contributed by atoms with Crippen LogP contribution < -0.4 is 4.90 Å². The Morgan fingerprint density at radius 3 is 2.43 bits per heavy atom. The summed E-state index contributed by atoms with van der Waals surface area (Å²) in [5.41, 5.74) is 3.94. The van der Waals surface area contributed by atoms with Crippen molar-refractivity contribution in [3.63, 3.8) is 0 Å². The Kier molecular flexibility index (Phi) is 6.11. The third kappa shape index (κ3) is 4.79. The number of aliphatic imine (C=N–C) groups is 1. The van der Waals surface area contributed by atoms with Gasteiger partial charge in [-0.25, -0.2) is 0 Å². The van der Waals surface area contributed by atoms with Crippen molar-refractivity contribution in [1.82, 2.24) is 0 Å². The van der Waals surface area contributed by atoms with Gasteiger partial charge in [0.05, 0.1) is 17.3 Å². The number of anilines is 1. The number of halogens is 3. The van der Waals surface area contributed by atoms with Crippen LogP contribution in [0.4, 0.5) is 18.9 Å². The lowest BCUT2D eigenvalue weighted by Gasteiger charge is -2.17. The summed E-state index contributed by atoms with van der Waals surface area (Å²) in [5, 5.41) is 0. The van der Waals surface area contributed by atoms with Crippen molar-refractivity contribution in [2.24, 2.45) is 4.99 Å². The number of hydrogen-bond acceptors (Lipinski definition) is 2. The zero-order valence-corrected chi connectivity index (χ0v) is 16.9. The summed E-state index contributed by atoms with van der Waals surface area (Å²) in [6.07, 6.45) is 1.09. The van der Waals surface area contributed by atoms with Gasteiger partial charge in [0.2, 0.25) is 0 Å². The fourth-order valence-electron chi connectivity index (χ4n) is 3.16. The minimum absolute atomic E-state index is 0.0384. The van der Waals surface area contributed by atoms with Crippen LogP contribution in [0.5, 0.6) is 0 Å². The van der Waals surface area contributed by atoms with Gasteiger partial charge in [-0.05, 0) is 42.3 Å². The van der Waals surface area contributed by atoms with Gasteiger partial charge >= 0.3 is 6.18 Å². The van der Waals surface area contributed by atoms with E-state index < -0.39 is 11.7 Å². The van der Waals surface area contributed by atoms with Gasteiger partial charge in [0.25, 0.3) is 0 Å². The molecule has 1 atom stereocenters. The maximum Gasteiger partial charge on any atom is 0.416 e. The van der Waals surface area contributed by atoms with Crippen LogP contribution >= 0.6 is 0 Å². The molecule has 0 saturated heterocycles. The first-order chi connectivity index (χ1) is 14.2. The second-order valence-electron chi connectivity index (χ2n) is 7.14. The minimum atomic E-state index is -4.38. The molecule has 1 aliphatic rings. The van der Waals surface area contributed by atoms with Gasteiger partial charge in [0.1, 0.15) is 0 Å². The summed E-state index contributed by atoms with van der Waals surface area (Å²) < 4.78 is 38.9. The first-order valence-electron chi connectivity index (χ1n) is 9.49. The second kappa shape index (κ2) is 8.57. The van der Waals surface area contributed by atoms with E-state index in [-0.39, 0.29) is 6.04 Å². The molecular weight excluding hydrogens is 385 g/mol. The number of hydrogen-bond donors (Lipinski definition) is 0. The fraction of sp³-hybridized carbons (Fsp3) is 0.160. The van der Waals surface area contributed by atoms with E-state index in [0.717, 1.165) is 34.6 Å². The molecule has 0 radical (unpaired) electrons. The highest BCUT2D eigenvalue weighted by molar-refractivity contribution is 6.17. The van der Waals surface area contributed by atoms with Gasteiger partial charge in [-0.1, -0.05) is 55.6 Å². The molecule has 0 bridgehead atoms. The van der Waals surface area contributed by atoms with Crippen molar-refractivity contribution in [2.45, 2.75) is 19.1 Å². The third-order valence-corrected chi connectivity index (χ3v) is 4.84. The average molecular weight is 408 g/mol. The number of benzene rings is 2. The Balaban J connectivity index is 1.76. The van der Waals surface area contributed by atoms with Crippen LogP contribution in [0.2, 0.25) is 0 Å². The van der Waals surface area contributed by atoms with Gasteiger partial charge in [0.15, 0.2) is 0 Å². The topological polar surface area (TPSA) is 15.6 Å². The van der Waals surface area contributed by atoms with Gasteiger partial charge < -0.3 is 4.90 Å². The van der Waals surface area contributed by atoms with Crippen LogP contribution in [-0.2, 0) is 6.18 Å². The maximum atomic E-state index is 13.0. The molecule has 1 unspecified atom stereocenters. The van der Waals surface area contributed by atoms with Crippen LogP contribution in [0.25, 0.3) is 0 Å². The number of rotatable bonds is 6. The van der Waals surface area contributed by atoms with Crippen LogP contribution in [0.15, 0.2) is 108 Å². The molecule has 1 aliphatic heterocycles. The lowest BCUT2D eigenvalue weighted by Crippen LogP contribution is -2.11. The third-order valence-electron chi connectivity index (χ3n) is 4.84. The average Bonchev–Trinajstić information content (AvgIpc) is 3.13. The first-order valence-corrected chi connectivity index (χ1v) is 9.49. The molecule has 3 rings (SSSR count). The predicted octanol–water partition coefficient (Wildman–Crippen LogP) is 6.59. The SMILES string of the molecule is C=C(/C=C\N(C)c1cccc(C(F)(F)F)c1)C(=C)C1=CC(C)N=C1c1ccccc1. The molecule has 1 heterocycles. The minimum Gasteiger partial charge on any atom is -0.351 e. The van der Waals surface area contributed by atoms with Gasteiger partial charge in [0, 0.05) is 30.1 Å². The van der Waals surface area contributed by atoms with Crippen molar-refractivity contribution in [3.8, 4) is 0 Å². The molecule has 30 heavy (non-hydrogen) atoms. The van der Waals surface area contributed by atoms with Crippen LogP contribution in [0, 0.1) is 0 Å². The Labute approximate surface area is 175 Å². The van der Waals surface area contributed by atoms with E-state index in [1.165, 1.54) is 6.07 Å². The molecule has 0 fully saturated rings. The Morgan fingerprint density at radius 2 is 1.77 bits per heavy atom. The van der Waals surface area contributed by atoms with E-state index in [1.54, 1.807) is 30.3 Å². The highest BCUT2D eigenvalue weighted by atomic mass is 19.4. The summed E-state index contributed by atoms with van der Waals surface area (Å²) in [6, 6.07) is 15.1. The van der Waals surface area contributed by atoms with Crippen LogP contribution in [-0.4, -0.2) is 18.8 Å². The van der Waals surface area contributed by atoms with E-state index in [2.05, 4.69) is 13.2 Å². The lowest BCUT2D eigenvalue weighted by atomic mass is 9.93. The molecule has 5 heteroatoms. The quantitative estimate of drug-likeness (QED) is 0.493. The molecule has 0 spiro atoms. The Hall–Kier alpha value is -3.34. The molecule has 154 valence electrons. The second-order valence-corrected chi connectivity index (χ2v) is 7.14. The summed E-state index contributed by atoms with van der Waals surface area (Å²) >= 11 is 0. The first kappa shape index (κ1) is 21.4. The molecule has 0 aliphatic carbocycles. The van der Waals surface area contributed by atoms with Gasteiger partial charge in [-0.2, -0.15) is 13.2 Å². The molecule has 0 saturated carbocycles. The zero-order chi connectivity index (χ0) is 21.9. The molecule has 0 amide bonds. The summed E-state index contributed by atoms with van der Waals surface area (Å²) in [6.45, 7) is 10.3. The van der Waals surface area contributed by atoms with E-state index in [0.29, 0.717) is 11.3 Å². The largest absolute Gasteiger partial charge is 0.416 e. The summed E-state index contributed by atoms with van der Waals surface area (Å²) in [4.78, 5) is 6.32. The molecule has 0 N–H and O–H groups in total. The van der Waals surface area contributed by atoms with E-state index in [9.17, 15) is 13.2 Å². The fourth-order valence-corrected chi connectivity index (χ4v) is 3.16. The van der Waals surface area contributed by atoms with Crippen LogP contribution in [0.3, 0.4) is 0 Å². The maximum absolute atomic E-state index is 13.0. The Bertz CT molecular complexity index is 1040. The van der Waals surface area contributed by atoms with Crippen molar-refractivity contribution < 1.29 is 13.2 Å². The van der Waals surface area contributed by atoms with Crippen molar-refractivity contribution in [1.29, 1.82) is 0 Å². The van der Waals surface area contributed by atoms with Crippen molar-refractivity contribution in [2.75, 3.05) is 11.9 Å². The van der Waals surface area contributed by atoms with E-state index in [1.807, 2.05) is 43.3 Å². The molecule has 2 aromatic carbocycles. The van der Waals surface area contributed by atoms with E-state index in [4.69, 9.17) is 4.99 Å². The monoisotopic (exact) mass is 408 g/mol. The van der Waals surface area contributed by atoms with Crippen molar-refractivity contribution in [3.05, 3.63) is 114 Å². The van der Waals surface area contributed by atoms with E-state index >= 15 is 0 Å². The predicted molar refractivity (Wildman–Crippen MR) is 118 cm³/mol.